The van der Waals surface area contributed by atoms with Crippen molar-refractivity contribution >= 4 is 17.5 Å². The van der Waals surface area contributed by atoms with E-state index in [0.29, 0.717) is 18.2 Å². The van der Waals surface area contributed by atoms with Gasteiger partial charge in [-0.1, -0.05) is 0 Å². The number of amides is 1. The van der Waals surface area contributed by atoms with Crippen LogP contribution in [0.25, 0.3) is 0 Å². The minimum atomic E-state index is 0.0405. The lowest BCUT2D eigenvalue weighted by Crippen LogP contribution is -2.32. The smallest absolute Gasteiger partial charge is 0.241 e. The van der Waals surface area contributed by atoms with Crippen LogP contribution >= 0.6 is 0 Å². The molecule has 6 nitrogen and oxygen atoms in total. The van der Waals surface area contributed by atoms with Crippen LogP contribution in [0.5, 0.6) is 0 Å². The molecule has 0 aliphatic heterocycles. The number of likely N-dealkylation sites (N-methyl/N-ethyl adjacent to an activating group) is 1. The van der Waals surface area contributed by atoms with E-state index in [1.807, 2.05) is 20.8 Å². The highest BCUT2D eigenvalue weighted by Crippen LogP contribution is 2.10. The number of rotatable bonds is 6. The second-order valence-corrected chi connectivity index (χ2v) is 3.98. The summed E-state index contributed by atoms with van der Waals surface area (Å²) in [5.74, 6) is 2.14. The van der Waals surface area contributed by atoms with E-state index in [9.17, 15) is 4.79 Å². The fraction of sp³-hybridized carbons (Fsp3) is 0.583. The molecule has 0 fully saturated rings. The average molecular weight is 251 g/mol. The second kappa shape index (κ2) is 6.78. The standard InChI is InChI=1S/C12H21N5O/c1-5-13-10-7-11(16-9(3)15-10)14-8-12(18)17(4)6-2/h7H,5-6,8H2,1-4H3,(H2,13,14,15,16). The van der Waals surface area contributed by atoms with E-state index < -0.39 is 0 Å². The van der Waals surface area contributed by atoms with E-state index in [1.165, 1.54) is 0 Å². The summed E-state index contributed by atoms with van der Waals surface area (Å²) in [5, 5.41) is 6.14. The lowest BCUT2D eigenvalue weighted by molar-refractivity contribution is -0.127. The molecule has 0 saturated heterocycles. The number of aromatic nitrogens is 2. The number of carbonyl (C=O) groups is 1. The zero-order chi connectivity index (χ0) is 13.5. The molecule has 1 aromatic rings. The monoisotopic (exact) mass is 251 g/mol. The molecule has 0 saturated carbocycles. The SMILES string of the molecule is CCNc1cc(NCC(=O)N(C)CC)nc(C)n1. The average Bonchev–Trinajstić information content (AvgIpc) is 2.34. The van der Waals surface area contributed by atoms with Gasteiger partial charge < -0.3 is 15.5 Å². The molecule has 1 aromatic heterocycles. The number of aryl methyl sites for hydroxylation is 1. The Balaban J connectivity index is 2.64. The lowest BCUT2D eigenvalue weighted by atomic mass is 10.4. The predicted octanol–water partition coefficient (Wildman–Crippen LogP) is 1.11. The summed E-state index contributed by atoms with van der Waals surface area (Å²) in [5.41, 5.74) is 0. The number of hydrogen-bond donors (Lipinski definition) is 2. The quantitative estimate of drug-likeness (QED) is 0.792. The van der Waals surface area contributed by atoms with Crippen molar-refractivity contribution in [2.45, 2.75) is 20.8 Å². The Morgan fingerprint density at radius 1 is 1.28 bits per heavy atom. The number of carbonyl (C=O) groups excluding carboxylic acids is 1. The van der Waals surface area contributed by atoms with Gasteiger partial charge >= 0.3 is 0 Å². The van der Waals surface area contributed by atoms with Crippen molar-refractivity contribution in [1.29, 1.82) is 0 Å². The number of anilines is 2. The largest absolute Gasteiger partial charge is 0.370 e. The molecule has 0 unspecified atom stereocenters. The van der Waals surface area contributed by atoms with Gasteiger partial charge in [-0.3, -0.25) is 4.79 Å². The van der Waals surface area contributed by atoms with E-state index >= 15 is 0 Å². The lowest BCUT2D eigenvalue weighted by Gasteiger charge is -2.15. The summed E-state index contributed by atoms with van der Waals surface area (Å²) in [7, 11) is 1.78. The maximum absolute atomic E-state index is 11.6. The van der Waals surface area contributed by atoms with Crippen molar-refractivity contribution in [3.05, 3.63) is 11.9 Å². The van der Waals surface area contributed by atoms with Gasteiger partial charge in [-0.2, -0.15) is 0 Å². The summed E-state index contributed by atoms with van der Waals surface area (Å²) in [6, 6.07) is 1.80. The number of nitrogens with one attached hydrogen (secondary N) is 2. The summed E-state index contributed by atoms with van der Waals surface area (Å²) in [6.45, 7) is 7.51. The number of nitrogens with zero attached hydrogens (tertiary/aromatic N) is 3. The Hall–Kier alpha value is -1.85. The zero-order valence-corrected chi connectivity index (χ0v) is 11.4. The summed E-state index contributed by atoms with van der Waals surface area (Å²) in [4.78, 5) is 21.8. The first kappa shape index (κ1) is 14.2. The van der Waals surface area contributed by atoms with E-state index in [2.05, 4.69) is 20.6 Å². The van der Waals surface area contributed by atoms with Gasteiger partial charge in [0.05, 0.1) is 6.54 Å². The third kappa shape index (κ3) is 4.20. The van der Waals surface area contributed by atoms with Gasteiger partial charge in [-0.05, 0) is 20.8 Å². The Kier molecular flexibility index (Phi) is 5.35. The molecule has 0 aliphatic rings. The van der Waals surface area contributed by atoms with Crippen molar-refractivity contribution in [3.63, 3.8) is 0 Å². The minimum absolute atomic E-state index is 0.0405. The van der Waals surface area contributed by atoms with Crippen LogP contribution in [-0.4, -0.2) is 47.5 Å². The van der Waals surface area contributed by atoms with Crippen molar-refractivity contribution < 1.29 is 4.79 Å². The fourth-order valence-electron chi connectivity index (χ4n) is 1.41. The number of hydrogen-bond acceptors (Lipinski definition) is 5. The van der Waals surface area contributed by atoms with Crippen LogP contribution in [0, 0.1) is 6.92 Å². The van der Waals surface area contributed by atoms with Gasteiger partial charge in [-0.15, -0.1) is 0 Å². The minimum Gasteiger partial charge on any atom is -0.370 e. The Morgan fingerprint density at radius 3 is 2.44 bits per heavy atom. The molecule has 6 heteroatoms. The van der Waals surface area contributed by atoms with E-state index in [4.69, 9.17) is 0 Å². The summed E-state index contributed by atoms with van der Waals surface area (Å²) >= 11 is 0. The molecular formula is C12H21N5O. The van der Waals surface area contributed by atoms with Crippen LogP contribution in [0.4, 0.5) is 11.6 Å². The zero-order valence-electron chi connectivity index (χ0n) is 11.4. The van der Waals surface area contributed by atoms with Crippen molar-refractivity contribution in [2.75, 3.05) is 37.3 Å². The van der Waals surface area contributed by atoms with Gasteiger partial charge in [-0.25, -0.2) is 9.97 Å². The molecule has 0 spiro atoms. The highest BCUT2D eigenvalue weighted by molar-refractivity contribution is 5.80. The molecule has 18 heavy (non-hydrogen) atoms. The van der Waals surface area contributed by atoms with Gasteiger partial charge in [0.1, 0.15) is 17.5 Å². The first-order chi connectivity index (χ1) is 8.56. The maximum atomic E-state index is 11.6. The van der Waals surface area contributed by atoms with Gasteiger partial charge in [0, 0.05) is 26.2 Å². The highest BCUT2D eigenvalue weighted by Gasteiger charge is 2.07. The first-order valence-electron chi connectivity index (χ1n) is 6.14. The molecule has 0 atom stereocenters. The normalized spacial score (nSPS) is 10.0. The molecule has 0 aromatic carbocycles. The van der Waals surface area contributed by atoms with Gasteiger partial charge in [0.25, 0.3) is 0 Å². The molecule has 0 radical (unpaired) electrons. The summed E-state index contributed by atoms with van der Waals surface area (Å²) in [6.07, 6.45) is 0. The highest BCUT2D eigenvalue weighted by atomic mass is 16.2. The van der Waals surface area contributed by atoms with Crippen LogP contribution in [-0.2, 0) is 4.79 Å². The molecule has 0 aliphatic carbocycles. The molecular weight excluding hydrogens is 230 g/mol. The second-order valence-electron chi connectivity index (χ2n) is 3.98. The van der Waals surface area contributed by atoms with Crippen LogP contribution in [0.2, 0.25) is 0 Å². The van der Waals surface area contributed by atoms with Crippen LogP contribution < -0.4 is 10.6 Å². The maximum Gasteiger partial charge on any atom is 0.241 e. The van der Waals surface area contributed by atoms with Crippen LogP contribution in [0.1, 0.15) is 19.7 Å². The topological polar surface area (TPSA) is 70.2 Å². The van der Waals surface area contributed by atoms with Crippen LogP contribution in [0.15, 0.2) is 6.07 Å². The fourth-order valence-corrected chi connectivity index (χ4v) is 1.41. The molecule has 1 amide bonds. The van der Waals surface area contributed by atoms with E-state index in [1.54, 1.807) is 18.0 Å². The first-order valence-corrected chi connectivity index (χ1v) is 6.14. The molecule has 100 valence electrons. The van der Waals surface area contributed by atoms with E-state index in [-0.39, 0.29) is 12.5 Å². The molecule has 1 rings (SSSR count). The molecule has 2 N–H and O–H groups in total. The van der Waals surface area contributed by atoms with Crippen molar-refractivity contribution in [3.8, 4) is 0 Å². The Morgan fingerprint density at radius 2 is 1.89 bits per heavy atom. The Bertz CT molecular complexity index is 407. The summed E-state index contributed by atoms with van der Waals surface area (Å²) < 4.78 is 0. The third-order valence-corrected chi connectivity index (χ3v) is 2.52. The van der Waals surface area contributed by atoms with Gasteiger partial charge in [0.2, 0.25) is 5.91 Å². The third-order valence-electron chi connectivity index (χ3n) is 2.52. The Labute approximate surface area is 108 Å². The molecule has 0 bridgehead atoms. The van der Waals surface area contributed by atoms with Crippen molar-refractivity contribution in [2.24, 2.45) is 0 Å². The molecule has 1 heterocycles. The van der Waals surface area contributed by atoms with Crippen molar-refractivity contribution in [1.82, 2.24) is 14.9 Å². The van der Waals surface area contributed by atoms with Crippen LogP contribution in [0.3, 0.4) is 0 Å². The predicted molar refractivity (Wildman–Crippen MR) is 72.7 cm³/mol. The van der Waals surface area contributed by atoms with Gasteiger partial charge in [0.15, 0.2) is 0 Å². The van der Waals surface area contributed by atoms with E-state index in [0.717, 1.165) is 12.4 Å².